The second-order valence-corrected chi connectivity index (χ2v) is 2.31. The number of nitrogens with zero attached hydrogens (tertiary/aromatic N) is 1. The molecule has 0 atom stereocenters. The van der Waals surface area contributed by atoms with Crippen LogP contribution in [-0.2, 0) is 0 Å². The van der Waals surface area contributed by atoms with Gasteiger partial charge in [0.2, 0.25) is 0 Å². The molecule has 0 spiro atoms. The lowest BCUT2D eigenvalue weighted by atomic mass is 10.4. The fraction of sp³-hybridized carbons (Fsp3) is 0.286. The van der Waals surface area contributed by atoms with Crippen LogP contribution in [0, 0.1) is 5.95 Å². The summed E-state index contributed by atoms with van der Waals surface area (Å²) < 4.78 is 17.6. The van der Waals surface area contributed by atoms with E-state index in [0.29, 0.717) is 11.6 Å². The van der Waals surface area contributed by atoms with E-state index in [1.807, 2.05) is 0 Å². The Labute approximate surface area is 69.0 Å². The van der Waals surface area contributed by atoms with E-state index in [9.17, 15) is 4.39 Å². The molecule has 0 saturated heterocycles. The number of hydrogen-bond donors (Lipinski definition) is 0. The van der Waals surface area contributed by atoms with Crippen molar-refractivity contribution in [3.63, 3.8) is 0 Å². The van der Waals surface area contributed by atoms with Gasteiger partial charge in [-0.2, -0.15) is 4.39 Å². The smallest absolute Gasteiger partial charge is 0.255 e. The normalized spacial score (nSPS) is 9.73. The Kier molecular flexibility index (Phi) is 2.65. The number of aromatic nitrogens is 1. The first kappa shape index (κ1) is 8.27. The molecule has 0 aliphatic heterocycles. The number of pyridine rings is 1. The first-order valence-electron chi connectivity index (χ1n) is 3.18. The zero-order valence-corrected chi connectivity index (χ0v) is 6.73. The summed E-state index contributed by atoms with van der Waals surface area (Å²) >= 11 is 5.54. The molecule has 0 amide bonds. The van der Waals surface area contributed by atoms with Gasteiger partial charge in [-0.25, -0.2) is 4.98 Å². The third kappa shape index (κ3) is 2.05. The standard InChI is InChI=1S/C7H7ClFNO/c1-2-11-6-3-5(8)4-10-7(6)9/h3-4H,2H2,1H3. The van der Waals surface area contributed by atoms with E-state index in [2.05, 4.69) is 4.98 Å². The summed E-state index contributed by atoms with van der Waals surface area (Å²) in [6.45, 7) is 2.17. The molecule has 1 rings (SSSR count). The molecule has 11 heavy (non-hydrogen) atoms. The van der Waals surface area contributed by atoms with E-state index in [1.54, 1.807) is 6.92 Å². The van der Waals surface area contributed by atoms with Crippen molar-refractivity contribution in [2.45, 2.75) is 6.92 Å². The highest BCUT2D eigenvalue weighted by molar-refractivity contribution is 6.30. The molecule has 0 bridgehead atoms. The molecule has 0 unspecified atom stereocenters. The van der Waals surface area contributed by atoms with Gasteiger partial charge < -0.3 is 4.74 Å². The average Bonchev–Trinajstić information content (AvgIpc) is 1.98. The molecule has 0 N–H and O–H groups in total. The molecular weight excluding hydrogens is 169 g/mol. The van der Waals surface area contributed by atoms with E-state index in [0.717, 1.165) is 0 Å². The number of halogens is 2. The first-order chi connectivity index (χ1) is 5.24. The molecule has 0 aliphatic rings. The van der Waals surface area contributed by atoms with Crippen molar-refractivity contribution >= 4 is 11.6 Å². The van der Waals surface area contributed by atoms with Crippen molar-refractivity contribution in [2.75, 3.05) is 6.61 Å². The van der Waals surface area contributed by atoms with E-state index in [1.165, 1.54) is 12.3 Å². The van der Waals surface area contributed by atoms with Crippen LogP contribution in [0.1, 0.15) is 6.92 Å². The van der Waals surface area contributed by atoms with Crippen molar-refractivity contribution in [3.05, 3.63) is 23.2 Å². The van der Waals surface area contributed by atoms with Gasteiger partial charge in [-0.3, -0.25) is 0 Å². The van der Waals surface area contributed by atoms with Crippen LogP contribution in [0.3, 0.4) is 0 Å². The van der Waals surface area contributed by atoms with Crippen molar-refractivity contribution in [3.8, 4) is 5.75 Å². The van der Waals surface area contributed by atoms with Crippen LogP contribution < -0.4 is 4.74 Å². The molecule has 0 fully saturated rings. The lowest BCUT2D eigenvalue weighted by Crippen LogP contribution is -1.95. The zero-order chi connectivity index (χ0) is 8.27. The highest BCUT2D eigenvalue weighted by atomic mass is 35.5. The molecule has 1 aromatic rings. The lowest BCUT2D eigenvalue weighted by molar-refractivity contribution is 0.316. The number of hydrogen-bond acceptors (Lipinski definition) is 2. The van der Waals surface area contributed by atoms with Gasteiger partial charge in [-0.1, -0.05) is 11.6 Å². The van der Waals surface area contributed by atoms with Crippen LogP contribution in [0.15, 0.2) is 12.3 Å². The molecule has 0 aromatic carbocycles. The van der Waals surface area contributed by atoms with Gasteiger partial charge in [0.1, 0.15) is 0 Å². The molecule has 0 aliphatic carbocycles. The summed E-state index contributed by atoms with van der Waals surface area (Å²) in [5.41, 5.74) is 0. The molecule has 1 heterocycles. The van der Waals surface area contributed by atoms with Gasteiger partial charge in [-0.05, 0) is 6.92 Å². The minimum absolute atomic E-state index is 0.0972. The molecule has 4 heteroatoms. The minimum atomic E-state index is -0.628. The summed E-state index contributed by atoms with van der Waals surface area (Å²) in [5.74, 6) is -0.531. The Morgan fingerprint density at radius 3 is 3.09 bits per heavy atom. The van der Waals surface area contributed by atoms with Crippen molar-refractivity contribution in [2.24, 2.45) is 0 Å². The van der Waals surface area contributed by atoms with E-state index in [-0.39, 0.29) is 5.75 Å². The molecule has 1 aromatic heterocycles. The van der Waals surface area contributed by atoms with Crippen molar-refractivity contribution in [1.82, 2.24) is 4.98 Å². The second-order valence-electron chi connectivity index (χ2n) is 1.88. The van der Waals surface area contributed by atoms with Gasteiger partial charge in [0, 0.05) is 12.3 Å². The maximum Gasteiger partial charge on any atom is 0.255 e. The van der Waals surface area contributed by atoms with Crippen LogP contribution in [-0.4, -0.2) is 11.6 Å². The summed E-state index contributed by atoms with van der Waals surface area (Å²) in [7, 11) is 0. The van der Waals surface area contributed by atoms with Gasteiger partial charge in [-0.15, -0.1) is 0 Å². The molecule has 60 valence electrons. The lowest BCUT2D eigenvalue weighted by Gasteiger charge is -2.02. The SMILES string of the molecule is CCOc1cc(Cl)cnc1F. The largest absolute Gasteiger partial charge is 0.489 e. The Bertz CT molecular complexity index is 254. The van der Waals surface area contributed by atoms with Crippen LogP contribution in [0.25, 0.3) is 0 Å². The summed E-state index contributed by atoms with van der Waals surface area (Å²) in [5, 5.41) is 0.370. The topological polar surface area (TPSA) is 22.1 Å². The number of ether oxygens (including phenoxy) is 1. The van der Waals surface area contributed by atoms with Crippen LogP contribution >= 0.6 is 11.6 Å². The summed E-state index contributed by atoms with van der Waals surface area (Å²) in [6.07, 6.45) is 1.24. The molecule has 0 saturated carbocycles. The molecule has 2 nitrogen and oxygen atoms in total. The maximum absolute atomic E-state index is 12.7. The maximum atomic E-state index is 12.7. The van der Waals surface area contributed by atoms with E-state index < -0.39 is 5.95 Å². The van der Waals surface area contributed by atoms with Crippen LogP contribution in [0.5, 0.6) is 5.75 Å². The summed E-state index contributed by atoms with van der Waals surface area (Å²) in [4.78, 5) is 3.37. The van der Waals surface area contributed by atoms with Crippen LogP contribution in [0.4, 0.5) is 4.39 Å². The predicted molar refractivity (Wildman–Crippen MR) is 40.4 cm³/mol. The van der Waals surface area contributed by atoms with Gasteiger partial charge in [0.15, 0.2) is 5.75 Å². The molecular formula is C7H7ClFNO. The van der Waals surface area contributed by atoms with Gasteiger partial charge in [0.05, 0.1) is 11.6 Å². The van der Waals surface area contributed by atoms with Gasteiger partial charge in [0.25, 0.3) is 5.95 Å². The summed E-state index contributed by atoms with van der Waals surface area (Å²) in [6, 6.07) is 1.40. The first-order valence-corrected chi connectivity index (χ1v) is 3.55. The van der Waals surface area contributed by atoms with Crippen LogP contribution in [0.2, 0.25) is 5.02 Å². The Morgan fingerprint density at radius 1 is 1.73 bits per heavy atom. The quantitative estimate of drug-likeness (QED) is 0.644. The Balaban J connectivity index is 2.93. The van der Waals surface area contributed by atoms with E-state index in [4.69, 9.17) is 16.3 Å². The third-order valence-electron chi connectivity index (χ3n) is 1.07. The minimum Gasteiger partial charge on any atom is -0.489 e. The van der Waals surface area contributed by atoms with Crippen molar-refractivity contribution in [1.29, 1.82) is 0 Å². The average molecular weight is 176 g/mol. The highest BCUT2D eigenvalue weighted by Crippen LogP contribution is 2.18. The van der Waals surface area contributed by atoms with Gasteiger partial charge >= 0.3 is 0 Å². The fourth-order valence-electron chi connectivity index (χ4n) is 0.661. The highest BCUT2D eigenvalue weighted by Gasteiger charge is 2.03. The van der Waals surface area contributed by atoms with Crippen molar-refractivity contribution < 1.29 is 9.13 Å². The second kappa shape index (κ2) is 3.53. The van der Waals surface area contributed by atoms with E-state index >= 15 is 0 Å². The number of rotatable bonds is 2. The Morgan fingerprint density at radius 2 is 2.45 bits per heavy atom. The Hall–Kier alpha value is -0.830. The molecule has 0 radical (unpaired) electrons. The fourth-order valence-corrected chi connectivity index (χ4v) is 0.809. The monoisotopic (exact) mass is 175 g/mol. The zero-order valence-electron chi connectivity index (χ0n) is 5.97. The predicted octanol–water partition coefficient (Wildman–Crippen LogP) is 2.27. The third-order valence-corrected chi connectivity index (χ3v) is 1.28.